The standard InChI is InChI=1S/C22H27N5O3S/c1-13-6-7-27(25-13)14-4-5-19(20(28)12-14)21-23-24-22(31-21)30-18-10-15-8-17(29-3)9-16(11-18)26(15)2/h4-7,12,15-18,28H,8-11H2,1-3H3. The van der Waals surface area contributed by atoms with Crippen molar-refractivity contribution in [3.63, 3.8) is 0 Å². The number of ether oxygens (including phenoxy) is 2. The highest BCUT2D eigenvalue weighted by Gasteiger charge is 2.41. The summed E-state index contributed by atoms with van der Waals surface area (Å²) in [5, 5.41) is 24.6. The molecule has 2 bridgehead atoms. The van der Waals surface area contributed by atoms with Gasteiger partial charge < -0.3 is 14.6 Å². The molecule has 1 aromatic carbocycles. The Morgan fingerprint density at radius 2 is 1.81 bits per heavy atom. The summed E-state index contributed by atoms with van der Waals surface area (Å²) in [6.07, 6.45) is 6.35. The molecule has 0 spiro atoms. The molecule has 0 amide bonds. The minimum Gasteiger partial charge on any atom is -0.507 e. The molecule has 2 aliphatic rings. The van der Waals surface area contributed by atoms with Crippen molar-refractivity contribution >= 4 is 11.3 Å². The van der Waals surface area contributed by atoms with Crippen LogP contribution in [-0.4, -0.2) is 68.4 Å². The third-order valence-corrected chi connectivity index (χ3v) is 7.35. The number of benzene rings is 1. The lowest BCUT2D eigenvalue weighted by Crippen LogP contribution is -2.56. The van der Waals surface area contributed by atoms with E-state index in [1.807, 2.05) is 31.3 Å². The van der Waals surface area contributed by atoms with E-state index in [9.17, 15) is 5.11 Å². The van der Waals surface area contributed by atoms with Crippen molar-refractivity contribution in [2.24, 2.45) is 0 Å². The SMILES string of the molecule is COC1CC2CC(Oc3nnc(-c4ccc(-n5ccc(C)n5)cc4O)s3)CC(C1)N2C. The Kier molecular flexibility index (Phi) is 5.41. The highest BCUT2D eigenvalue weighted by molar-refractivity contribution is 7.16. The molecule has 8 nitrogen and oxygen atoms in total. The molecule has 9 heteroatoms. The highest BCUT2D eigenvalue weighted by atomic mass is 32.1. The minimum atomic E-state index is 0.129. The molecule has 1 N–H and O–H groups in total. The zero-order valence-electron chi connectivity index (χ0n) is 17.9. The molecule has 0 saturated carbocycles. The number of nitrogens with zero attached hydrogens (tertiary/aromatic N) is 5. The zero-order chi connectivity index (χ0) is 21.5. The van der Waals surface area contributed by atoms with Crippen LogP contribution in [0, 0.1) is 6.92 Å². The van der Waals surface area contributed by atoms with Crippen molar-refractivity contribution in [1.82, 2.24) is 24.9 Å². The summed E-state index contributed by atoms with van der Waals surface area (Å²) in [4.78, 5) is 2.47. The molecule has 0 radical (unpaired) electrons. The van der Waals surface area contributed by atoms with Crippen LogP contribution in [0.1, 0.15) is 31.4 Å². The van der Waals surface area contributed by atoms with Gasteiger partial charge in [0.05, 0.1) is 23.0 Å². The quantitative estimate of drug-likeness (QED) is 0.649. The maximum Gasteiger partial charge on any atom is 0.294 e. The molecule has 0 aliphatic carbocycles. The third-order valence-electron chi connectivity index (χ3n) is 6.50. The minimum absolute atomic E-state index is 0.129. The fraction of sp³-hybridized carbons (Fsp3) is 0.500. The second-order valence-corrected chi connectivity index (χ2v) is 9.43. The van der Waals surface area contributed by atoms with Crippen molar-refractivity contribution in [3.8, 4) is 27.2 Å². The summed E-state index contributed by atoms with van der Waals surface area (Å²) >= 11 is 1.37. The van der Waals surface area contributed by atoms with Gasteiger partial charge in [0.25, 0.3) is 5.19 Å². The molecule has 2 atom stereocenters. The van der Waals surface area contributed by atoms with Gasteiger partial charge in [-0.05, 0) is 45.0 Å². The lowest BCUT2D eigenvalue weighted by molar-refractivity contribution is -0.0605. The van der Waals surface area contributed by atoms with Gasteiger partial charge in [0.15, 0.2) is 5.01 Å². The van der Waals surface area contributed by atoms with Gasteiger partial charge in [-0.3, -0.25) is 4.90 Å². The smallest absolute Gasteiger partial charge is 0.294 e. The number of aryl methyl sites for hydroxylation is 1. The predicted octanol–water partition coefficient (Wildman–Crippen LogP) is 3.42. The fourth-order valence-electron chi connectivity index (χ4n) is 4.76. The molecule has 164 valence electrons. The maximum atomic E-state index is 10.6. The number of phenolic OH excluding ortho intramolecular Hbond substituents is 1. The normalized spacial score (nSPS) is 26.2. The van der Waals surface area contributed by atoms with Gasteiger partial charge in [0, 0.05) is 44.3 Å². The first-order valence-corrected chi connectivity index (χ1v) is 11.4. The monoisotopic (exact) mass is 441 g/mol. The van der Waals surface area contributed by atoms with Gasteiger partial charge in [-0.1, -0.05) is 16.4 Å². The lowest BCUT2D eigenvalue weighted by atomic mass is 9.82. The van der Waals surface area contributed by atoms with Crippen molar-refractivity contribution < 1.29 is 14.6 Å². The van der Waals surface area contributed by atoms with Gasteiger partial charge in [-0.25, -0.2) is 4.68 Å². The number of hydrogen-bond acceptors (Lipinski definition) is 8. The van der Waals surface area contributed by atoms with E-state index in [2.05, 4.69) is 27.2 Å². The fourth-order valence-corrected chi connectivity index (χ4v) is 5.56. The number of piperidine rings is 2. The van der Waals surface area contributed by atoms with Crippen molar-refractivity contribution in [3.05, 3.63) is 36.2 Å². The van der Waals surface area contributed by atoms with Crippen LogP contribution in [0.25, 0.3) is 16.3 Å². The first-order valence-electron chi connectivity index (χ1n) is 10.6. The Labute approximate surface area is 185 Å². The van der Waals surface area contributed by atoms with Gasteiger partial charge >= 0.3 is 0 Å². The molecule has 4 heterocycles. The summed E-state index contributed by atoms with van der Waals surface area (Å²) in [5.41, 5.74) is 2.36. The number of aromatic hydroxyl groups is 1. The molecule has 2 fully saturated rings. The largest absolute Gasteiger partial charge is 0.507 e. The van der Waals surface area contributed by atoms with Crippen LogP contribution in [0.2, 0.25) is 0 Å². The van der Waals surface area contributed by atoms with E-state index in [1.54, 1.807) is 17.9 Å². The third kappa shape index (κ3) is 4.05. The molecular weight excluding hydrogens is 414 g/mol. The van der Waals surface area contributed by atoms with Crippen LogP contribution >= 0.6 is 11.3 Å². The van der Waals surface area contributed by atoms with E-state index < -0.39 is 0 Å². The number of fused-ring (bicyclic) bond motifs is 2. The summed E-state index contributed by atoms with van der Waals surface area (Å²) < 4.78 is 13.6. The van der Waals surface area contributed by atoms with E-state index in [1.165, 1.54) is 11.3 Å². The van der Waals surface area contributed by atoms with Crippen LogP contribution in [0.5, 0.6) is 10.9 Å². The Bertz CT molecular complexity index is 1050. The molecule has 2 saturated heterocycles. The average Bonchev–Trinajstić information content (AvgIpc) is 3.38. The van der Waals surface area contributed by atoms with Crippen LogP contribution in [-0.2, 0) is 4.74 Å². The second-order valence-electron chi connectivity index (χ2n) is 8.49. The van der Waals surface area contributed by atoms with Gasteiger partial charge in [0.2, 0.25) is 0 Å². The van der Waals surface area contributed by atoms with Crippen LogP contribution in [0.4, 0.5) is 0 Å². The van der Waals surface area contributed by atoms with Crippen LogP contribution in [0.3, 0.4) is 0 Å². The number of methoxy groups -OCH3 is 1. The Morgan fingerprint density at radius 3 is 2.45 bits per heavy atom. The van der Waals surface area contributed by atoms with E-state index in [-0.39, 0.29) is 11.9 Å². The molecule has 31 heavy (non-hydrogen) atoms. The topological polar surface area (TPSA) is 85.5 Å². The molecule has 2 unspecified atom stereocenters. The van der Waals surface area contributed by atoms with E-state index in [4.69, 9.17) is 9.47 Å². The zero-order valence-corrected chi connectivity index (χ0v) is 18.7. The summed E-state index contributed by atoms with van der Waals surface area (Å²) in [7, 11) is 4.01. The molecular formula is C22H27N5O3S. The summed E-state index contributed by atoms with van der Waals surface area (Å²) in [6, 6.07) is 8.31. The molecule has 2 aliphatic heterocycles. The lowest BCUT2D eigenvalue weighted by Gasteiger charge is -2.48. The summed E-state index contributed by atoms with van der Waals surface area (Å²) in [6.45, 7) is 1.93. The number of phenols is 1. The first kappa shape index (κ1) is 20.4. The van der Waals surface area contributed by atoms with Gasteiger partial charge in [-0.2, -0.15) is 5.10 Å². The predicted molar refractivity (Wildman–Crippen MR) is 118 cm³/mol. The van der Waals surface area contributed by atoms with E-state index in [0.29, 0.717) is 34.0 Å². The Morgan fingerprint density at radius 1 is 1.06 bits per heavy atom. The number of hydrogen-bond donors (Lipinski definition) is 1. The van der Waals surface area contributed by atoms with Crippen molar-refractivity contribution in [1.29, 1.82) is 0 Å². The molecule has 2 aromatic heterocycles. The second kappa shape index (κ2) is 8.22. The maximum absolute atomic E-state index is 10.6. The van der Waals surface area contributed by atoms with Gasteiger partial charge in [-0.15, -0.1) is 5.10 Å². The molecule has 5 rings (SSSR count). The summed E-state index contributed by atoms with van der Waals surface area (Å²) in [5.74, 6) is 0.146. The first-order chi connectivity index (χ1) is 15.0. The average molecular weight is 442 g/mol. The Hall–Kier alpha value is -2.49. The van der Waals surface area contributed by atoms with Crippen LogP contribution < -0.4 is 4.74 Å². The van der Waals surface area contributed by atoms with E-state index >= 15 is 0 Å². The van der Waals surface area contributed by atoms with E-state index in [0.717, 1.165) is 37.1 Å². The Balaban J connectivity index is 1.29. The number of aromatic nitrogens is 4. The highest BCUT2D eigenvalue weighted by Crippen LogP contribution is 2.38. The van der Waals surface area contributed by atoms with Crippen molar-refractivity contribution in [2.45, 2.75) is 56.9 Å². The number of rotatable bonds is 5. The van der Waals surface area contributed by atoms with Crippen molar-refractivity contribution in [2.75, 3.05) is 14.2 Å². The molecule has 3 aromatic rings. The van der Waals surface area contributed by atoms with Gasteiger partial charge in [0.1, 0.15) is 11.9 Å². The van der Waals surface area contributed by atoms with Crippen LogP contribution in [0.15, 0.2) is 30.5 Å².